The fourth-order valence-electron chi connectivity index (χ4n) is 2.35. The van der Waals surface area contributed by atoms with Gasteiger partial charge in [0.25, 0.3) is 5.89 Å². The molecule has 0 aliphatic carbocycles. The lowest BCUT2D eigenvalue weighted by Crippen LogP contribution is -1.91. The molecule has 27 heavy (non-hydrogen) atoms. The Kier molecular flexibility index (Phi) is 5.11. The number of aryl methyl sites for hydroxylation is 1. The molecule has 0 saturated heterocycles. The third-order valence-corrected chi connectivity index (χ3v) is 4.70. The number of thioether (sulfide) groups is 1. The van der Waals surface area contributed by atoms with E-state index in [9.17, 15) is 0 Å². The van der Waals surface area contributed by atoms with Crippen molar-refractivity contribution in [1.29, 1.82) is 0 Å². The standard InChI is InChI=1S/C20H16N4O2S/c1-14-6-8-16(9-7-14)27-13-18-23-24-20(26-18)17-5-3-11-22-19(17)25-15-4-2-10-21-12-15/h2-12H,13H2,1H3. The van der Waals surface area contributed by atoms with Crippen molar-refractivity contribution in [1.82, 2.24) is 20.2 Å². The van der Waals surface area contributed by atoms with E-state index in [4.69, 9.17) is 9.15 Å². The van der Waals surface area contributed by atoms with Gasteiger partial charge in [-0.1, -0.05) is 17.7 Å². The number of pyridine rings is 2. The minimum atomic E-state index is 0.376. The first-order valence-electron chi connectivity index (χ1n) is 8.33. The largest absolute Gasteiger partial charge is 0.437 e. The molecule has 0 fully saturated rings. The predicted molar refractivity (Wildman–Crippen MR) is 103 cm³/mol. The Hall–Kier alpha value is -3.19. The lowest BCUT2D eigenvalue weighted by atomic mass is 10.2. The normalized spacial score (nSPS) is 10.7. The number of benzene rings is 1. The van der Waals surface area contributed by atoms with E-state index in [0.717, 1.165) is 4.90 Å². The van der Waals surface area contributed by atoms with Gasteiger partial charge in [-0.15, -0.1) is 22.0 Å². The zero-order chi connectivity index (χ0) is 18.5. The molecular weight excluding hydrogens is 360 g/mol. The number of hydrogen-bond donors (Lipinski definition) is 0. The van der Waals surface area contributed by atoms with Crippen LogP contribution in [-0.4, -0.2) is 20.2 Å². The van der Waals surface area contributed by atoms with E-state index >= 15 is 0 Å². The van der Waals surface area contributed by atoms with Crippen molar-refractivity contribution < 1.29 is 9.15 Å². The quantitative estimate of drug-likeness (QED) is 0.442. The van der Waals surface area contributed by atoms with Gasteiger partial charge in [-0.05, 0) is 43.3 Å². The van der Waals surface area contributed by atoms with Crippen LogP contribution in [0.15, 0.2) is 76.4 Å². The van der Waals surface area contributed by atoms with Crippen molar-refractivity contribution in [2.75, 3.05) is 0 Å². The monoisotopic (exact) mass is 376 g/mol. The highest BCUT2D eigenvalue weighted by molar-refractivity contribution is 7.98. The summed E-state index contributed by atoms with van der Waals surface area (Å²) in [5.74, 6) is 2.50. The number of hydrogen-bond acceptors (Lipinski definition) is 7. The Morgan fingerprint density at radius 3 is 2.67 bits per heavy atom. The van der Waals surface area contributed by atoms with E-state index < -0.39 is 0 Å². The average Bonchev–Trinajstić information content (AvgIpc) is 3.18. The van der Waals surface area contributed by atoms with Crippen LogP contribution in [0.2, 0.25) is 0 Å². The molecule has 0 amide bonds. The summed E-state index contributed by atoms with van der Waals surface area (Å²) in [5.41, 5.74) is 1.87. The van der Waals surface area contributed by atoms with Gasteiger partial charge in [0.2, 0.25) is 11.8 Å². The molecule has 0 atom stereocenters. The van der Waals surface area contributed by atoms with Gasteiger partial charge in [-0.3, -0.25) is 4.98 Å². The van der Waals surface area contributed by atoms with Gasteiger partial charge < -0.3 is 9.15 Å². The molecule has 4 rings (SSSR count). The van der Waals surface area contributed by atoms with E-state index in [1.165, 1.54) is 5.56 Å². The first-order valence-corrected chi connectivity index (χ1v) is 9.31. The summed E-state index contributed by atoms with van der Waals surface area (Å²) in [6.07, 6.45) is 4.96. The van der Waals surface area contributed by atoms with Gasteiger partial charge in [0.05, 0.1) is 11.9 Å². The van der Waals surface area contributed by atoms with Crippen LogP contribution in [0.25, 0.3) is 11.5 Å². The van der Waals surface area contributed by atoms with Gasteiger partial charge in [0, 0.05) is 17.3 Å². The Morgan fingerprint density at radius 1 is 1.00 bits per heavy atom. The highest BCUT2D eigenvalue weighted by atomic mass is 32.2. The molecule has 0 saturated carbocycles. The third kappa shape index (κ3) is 4.32. The number of nitrogens with zero attached hydrogens (tertiary/aromatic N) is 4. The summed E-state index contributed by atoms with van der Waals surface area (Å²) in [6.45, 7) is 2.07. The van der Waals surface area contributed by atoms with Crippen molar-refractivity contribution in [3.63, 3.8) is 0 Å². The molecular formula is C20H16N4O2S. The zero-order valence-electron chi connectivity index (χ0n) is 14.6. The van der Waals surface area contributed by atoms with Crippen LogP contribution < -0.4 is 4.74 Å². The zero-order valence-corrected chi connectivity index (χ0v) is 15.4. The molecule has 6 nitrogen and oxygen atoms in total. The highest BCUT2D eigenvalue weighted by Crippen LogP contribution is 2.31. The van der Waals surface area contributed by atoms with E-state index in [1.54, 1.807) is 42.5 Å². The molecule has 0 N–H and O–H groups in total. The second kappa shape index (κ2) is 8.01. The van der Waals surface area contributed by atoms with Crippen molar-refractivity contribution in [3.05, 3.63) is 78.6 Å². The number of aromatic nitrogens is 4. The maximum Gasteiger partial charge on any atom is 0.253 e. The van der Waals surface area contributed by atoms with Crippen LogP contribution in [-0.2, 0) is 5.75 Å². The van der Waals surface area contributed by atoms with E-state index in [-0.39, 0.29) is 0 Å². The molecule has 3 aromatic heterocycles. The SMILES string of the molecule is Cc1ccc(SCc2nnc(-c3cccnc3Oc3cccnc3)o2)cc1. The lowest BCUT2D eigenvalue weighted by Gasteiger charge is -2.06. The molecule has 0 aliphatic heterocycles. The van der Waals surface area contributed by atoms with Crippen LogP contribution >= 0.6 is 11.8 Å². The fourth-order valence-corrected chi connectivity index (χ4v) is 3.09. The van der Waals surface area contributed by atoms with Crippen LogP contribution in [0.1, 0.15) is 11.5 Å². The topological polar surface area (TPSA) is 73.9 Å². The van der Waals surface area contributed by atoms with Gasteiger partial charge in [0.15, 0.2) is 0 Å². The number of rotatable bonds is 6. The van der Waals surface area contributed by atoms with Crippen molar-refractivity contribution in [2.45, 2.75) is 17.6 Å². The third-order valence-electron chi connectivity index (χ3n) is 3.70. The molecule has 0 radical (unpaired) electrons. The van der Waals surface area contributed by atoms with Crippen molar-refractivity contribution in [2.24, 2.45) is 0 Å². The fraction of sp³-hybridized carbons (Fsp3) is 0.100. The van der Waals surface area contributed by atoms with Crippen molar-refractivity contribution >= 4 is 11.8 Å². The van der Waals surface area contributed by atoms with Gasteiger partial charge in [0.1, 0.15) is 11.3 Å². The Bertz CT molecular complexity index is 1020. The molecule has 7 heteroatoms. The summed E-state index contributed by atoms with van der Waals surface area (Å²) >= 11 is 1.65. The average molecular weight is 376 g/mol. The highest BCUT2D eigenvalue weighted by Gasteiger charge is 2.15. The van der Waals surface area contributed by atoms with E-state index in [1.807, 2.05) is 12.1 Å². The minimum absolute atomic E-state index is 0.376. The number of ether oxygens (including phenoxy) is 1. The summed E-state index contributed by atoms with van der Waals surface area (Å²) < 4.78 is 11.6. The Labute approximate surface area is 160 Å². The summed E-state index contributed by atoms with van der Waals surface area (Å²) in [4.78, 5) is 9.47. The van der Waals surface area contributed by atoms with Crippen LogP contribution in [0, 0.1) is 6.92 Å². The van der Waals surface area contributed by atoms with Crippen molar-refractivity contribution in [3.8, 4) is 23.1 Å². The second-order valence-electron chi connectivity index (χ2n) is 5.75. The van der Waals surface area contributed by atoms with E-state index in [0.29, 0.717) is 34.7 Å². The summed E-state index contributed by atoms with van der Waals surface area (Å²) in [6, 6.07) is 15.6. The second-order valence-corrected chi connectivity index (χ2v) is 6.80. The molecule has 3 heterocycles. The van der Waals surface area contributed by atoms with Crippen LogP contribution in [0.4, 0.5) is 0 Å². The molecule has 0 bridgehead atoms. The van der Waals surface area contributed by atoms with Gasteiger partial charge >= 0.3 is 0 Å². The maximum absolute atomic E-state index is 5.81. The lowest BCUT2D eigenvalue weighted by molar-refractivity contribution is 0.457. The predicted octanol–water partition coefficient (Wildman–Crippen LogP) is 4.92. The summed E-state index contributed by atoms with van der Waals surface area (Å²) in [5, 5.41) is 8.29. The molecule has 0 spiro atoms. The molecule has 134 valence electrons. The Morgan fingerprint density at radius 2 is 1.85 bits per heavy atom. The van der Waals surface area contributed by atoms with Crippen LogP contribution in [0.3, 0.4) is 0 Å². The first kappa shape index (κ1) is 17.2. The van der Waals surface area contributed by atoms with Gasteiger partial charge in [-0.25, -0.2) is 4.98 Å². The first-order chi connectivity index (χ1) is 13.3. The van der Waals surface area contributed by atoms with Crippen LogP contribution in [0.5, 0.6) is 11.6 Å². The molecule has 4 aromatic rings. The molecule has 0 aliphatic rings. The van der Waals surface area contributed by atoms with Gasteiger partial charge in [-0.2, -0.15) is 0 Å². The maximum atomic E-state index is 5.81. The molecule has 1 aromatic carbocycles. The smallest absolute Gasteiger partial charge is 0.253 e. The minimum Gasteiger partial charge on any atom is -0.437 e. The Balaban J connectivity index is 1.50. The molecule has 0 unspecified atom stereocenters. The van der Waals surface area contributed by atoms with E-state index in [2.05, 4.69) is 51.4 Å². The summed E-state index contributed by atoms with van der Waals surface area (Å²) in [7, 11) is 0.